The highest BCUT2D eigenvalue weighted by atomic mass is 16.1. The van der Waals surface area contributed by atoms with Crippen LogP contribution >= 0.6 is 0 Å². The fourth-order valence-electron chi connectivity index (χ4n) is 2.06. The van der Waals surface area contributed by atoms with Crippen molar-refractivity contribution >= 4 is 5.78 Å². The highest BCUT2D eigenvalue weighted by Crippen LogP contribution is 2.26. The number of fused-ring (bicyclic) bond motifs is 1. The molecule has 0 aromatic heterocycles. The average molecular weight is 188 g/mol. The first-order valence-corrected chi connectivity index (χ1v) is 5.38. The van der Waals surface area contributed by atoms with Crippen molar-refractivity contribution in [3.05, 3.63) is 34.9 Å². The Labute approximate surface area is 85.1 Å². The first-order chi connectivity index (χ1) is 6.72. The number of carbonyl (C=O) groups excluding carboxylic acids is 1. The second kappa shape index (κ2) is 3.56. The molecular weight excluding hydrogens is 172 g/mol. The number of carbonyl (C=O) groups is 1. The second-order valence-corrected chi connectivity index (χ2v) is 4.15. The molecule has 1 heteroatoms. The summed E-state index contributed by atoms with van der Waals surface area (Å²) < 4.78 is 0. The maximum atomic E-state index is 11.9. The van der Waals surface area contributed by atoms with E-state index >= 15 is 0 Å². The Morgan fingerprint density at radius 2 is 2.21 bits per heavy atom. The van der Waals surface area contributed by atoms with Crippen LogP contribution in [0.25, 0.3) is 0 Å². The van der Waals surface area contributed by atoms with Crippen LogP contribution < -0.4 is 0 Å². The maximum absolute atomic E-state index is 11.9. The van der Waals surface area contributed by atoms with Crippen molar-refractivity contribution < 1.29 is 4.79 Å². The van der Waals surface area contributed by atoms with Gasteiger partial charge in [-0.2, -0.15) is 0 Å². The summed E-state index contributed by atoms with van der Waals surface area (Å²) in [5.74, 6) is 0.552. The summed E-state index contributed by atoms with van der Waals surface area (Å²) in [5.41, 5.74) is 3.49. The number of hydrogen-bond donors (Lipinski definition) is 0. The number of aryl methyl sites for hydroxylation is 2. The largest absolute Gasteiger partial charge is 0.294 e. The zero-order chi connectivity index (χ0) is 10.1. The van der Waals surface area contributed by atoms with Gasteiger partial charge in [0, 0.05) is 11.5 Å². The van der Waals surface area contributed by atoms with Crippen molar-refractivity contribution in [2.45, 2.75) is 33.1 Å². The molecule has 74 valence electrons. The van der Waals surface area contributed by atoms with Crippen molar-refractivity contribution in [3.63, 3.8) is 0 Å². The van der Waals surface area contributed by atoms with E-state index in [1.54, 1.807) is 0 Å². The molecular formula is C13H16O. The van der Waals surface area contributed by atoms with Gasteiger partial charge in [-0.3, -0.25) is 4.79 Å². The molecule has 0 radical (unpaired) electrons. The van der Waals surface area contributed by atoms with Crippen LogP contribution in [0, 0.1) is 5.92 Å². The topological polar surface area (TPSA) is 17.1 Å². The molecule has 14 heavy (non-hydrogen) atoms. The van der Waals surface area contributed by atoms with E-state index in [1.165, 1.54) is 11.1 Å². The third-order valence-electron chi connectivity index (χ3n) is 3.14. The predicted molar refractivity (Wildman–Crippen MR) is 57.6 cm³/mol. The van der Waals surface area contributed by atoms with E-state index in [0.29, 0.717) is 5.78 Å². The van der Waals surface area contributed by atoms with E-state index in [-0.39, 0.29) is 5.92 Å². The number of hydrogen-bond acceptors (Lipinski definition) is 1. The van der Waals surface area contributed by atoms with Gasteiger partial charge >= 0.3 is 0 Å². The molecule has 0 spiro atoms. The smallest absolute Gasteiger partial charge is 0.165 e. The highest BCUT2D eigenvalue weighted by molar-refractivity contribution is 6.00. The van der Waals surface area contributed by atoms with Crippen molar-refractivity contribution in [2.24, 2.45) is 5.92 Å². The molecule has 0 saturated carbocycles. The summed E-state index contributed by atoms with van der Waals surface area (Å²) in [5, 5.41) is 0. The zero-order valence-corrected chi connectivity index (χ0v) is 8.84. The van der Waals surface area contributed by atoms with Crippen LogP contribution in [0.1, 0.15) is 41.8 Å². The normalized spacial score (nSPS) is 20.7. The van der Waals surface area contributed by atoms with Gasteiger partial charge in [0.1, 0.15) is 0 Å². The van der Waals surface area contributed by atoms with Gasteiger partial charge in [0.25, 0.3) is 0 Å². The minimum atomic E-state index is 0.217. The zero-order valence-electron chi connectivity index (χ0n) is 8.84. The molecule has 0 heterocycles. The first kappa shape index (κ1) is 9.45. The summed E-state index contributed by atoms with van der Waals surface area (Å²) in [6.07, 6.45) is 3.08. The van der Waals surface area contributed by atoms with E-state index in [2.05, 4.69) is 25.1 Å². The van der Waals surface area contributed by atoms with E-state index < -0.39 is 0 Å². The SMILES string of the molecule is CCc1ccc2c(c1)C(=O)C(C)CC2. The van der Waals surface area contributed by atoms with Crippen molar-refractivity contribution in [1.29, 1.82) is 0 Å². The Morgan fingerprint density at radius 3 is 2.93 bits per heavy atom. The fourth-order valence-corrected chi connectivity index (χ4v) is 2.06. The molecule has 0 aliphatic heterocycles. The third-order valence-corrected chi connectivity index (χ3v) is 3.14. The van der Waals surface area contributed by atoms with E-state index in [9.17, 15) is 4.79 Å². The minimum Gasteiger partial charge on any atom is -0.294 e. The van der Waals surface area contributed by atoms with Crippen LogP contribution in [0.2, 0.25) is 0 Å². The lowest BCUT2D eigenvalue weighted by atomic mass is 9.83. The van der Waals surface area contributed by atoms with E-state index in [1.807, 2.05) is 6.92 Å². The van der Waals surface area contributed by atoms with Gasteiger partial charge in [-0.1, -0.05) is 26.0 Å². The molecule has 0 saturated heterocycles. The quantitative estimate of drug-likeness (QED) is 0.662. The molecule has 1 atom stereocenters. The molecule has 2 rings (SSSR count). The average Bonchev–Trinajstić information content (AvgIpc) is 2.23. The Balaban J connectivity index is 2.46. The Bertz CT molecular complexity index is 365. The molecule has 1 unspecified atom stereocenters. The van der Waals surface area contributed by atoms with Crippen molar-refractivity contribution in [1.82, 2.24) is 0 Å². The highest BCUT2D eigenvalue weighted by Gasteiger charge is 2.23. The van der Waals surface area contributed by atoms with E-state index in [0.717, 1.165) is 24.8 Å². The molecule has 0 N–H and O–H groups in total. The van der Waals surface area contributed by atoms with Gasteiger partial charge in [-0.25, -0.2) is 0 Å². The number of Topliss-reactive ketones (excluding diaryl/α,β-unsaturated/α-hetero) is 1. The Hall–Kier alpha value is -1.11. The van der Waals surface area contributed by atoms with Crippen molar-refractivity contribution in [3.8, 4) is 0 Å². The number of ketones is 1. The van der Waals surface area contributed by atoms with Gasteiger partial charge in [0.15, 0.2) is 5.78 Å². The molecule has 0 fully saturated rings. The van der Waals surface area contributed by atoms with Gasteiger partial charge in [0.05, 0.1) is 0 Å². The van der Waals surface area contributed by atoms with Crippen LogP contribution in [-0.2, 0) is 12.8 Å². The van der Waals surface area contributed by atoms with Gasteiger partial charge < -0.3 is 0 Å². The van der Waals surface area contributed by atoms with Crippen LogP contribution in [-0.4, -0.2) is 5.78 Å². The molecule has 1 aliphatic carbocycles. The standard InChI is InChI=1S/C13H16O/c1-3-10-5-7-11-6-4-9(2)13(14)12(11)8-10/h5,7-9H,3-4,6H2,1-2H3. The first-order valence-electron chi connectivity index (χ1n) is 5.38. The Morgan fingerprint density at radius 1 is 1.43 bits per heavy atom. The minimum absolute atomic E-state index is 0.217. The number of rotatable bonds is 1. The van der Waals surface area contributed by atoms with Gasteiger partial charge in [0.2, 0.25) is 0 Å². The summed E-state index contributed by atoms with van der Waals surface area (Å²) >= 11 is 0. The molecule has 1 nitrogen and oxygen atoms in total. The van der Waals surface area contributed by atoms with Crippen molar-refractivity contribution in [2.75, 3.05) is 0 Å². The lowest BCUT2D eigenvalue weighted by Gasteiger charge is -2.20. The third kappa shape index (κ3) is 1.47. The predicted octanol–water partition coefficient (Wildman–Crippen LogP) is 3.01. The molecule has 0 bridgehead atoms. The fraction of sp³-hybridized carbons (Fsp3) is 0.462. The summed E-state index contributed by atoms with van der Waals surface area (Å²) in [4.78, 5) is 11.9. The molecule has 1 aromatic rings. The summed E-state index contributed by atoms with van der Waals surface area (Å²) in [7, 11) is 0. The summed E-state index contributed by atoms with van der Waals surface area (Å²) in [6.45, 7) is 4.16. The Kier molecular flexibility index (Phi) is 2.40. The maximum Gasteiger partial charge on any atom is 0.165 e. The van der Waals surface area contributed by atoms with Crippen LogP contribution in [0.15, 0.2) is 18.2 Å². The monoisotopic (exact) mass is 188 g/mol. The molecule has 1 aliphatic rings. The molecule has 0 amide bonds. The lowest BCUT2D eigenvalue weighted by molar-refractivity contribution is 0.0913. The summed E-state index contributed by atoms with van der Waals surface area (Å²) in [6, 6.07) is 6.34. The van der Waals surface area contributed by atoms with E-state index in [4.69, 9.17) is 0 Å². The van der Waals surface area contributed by atoms with Gasteiger partial charge in [-0.05, 0) is 36.5 Å². The lowest BCUT2D eigenvalue weighted by Crippen LogP contribution is -2.20. The number of benzene rings is 1. The van der Waals surface area contributed by atoms with Crippen LogP contribution in [0.4, 0.5) is 0 Å². The van der Waals surface area contributed by atoms with Gasteiger partial charge in [-0.15, -0.1) is 0 Å². The van der Waals surface area contributed by atoms with Crippen LogP contribution in [0.3, 0.4) is 0 Å². The van der Waals surface area contributed by atoms with Crippen LogP contribution in [0.5, 0.6) is 0 Å². The molecule has 1 aromatic carbocycles. The second-order valence-electron chi connectivity index (χ2n) is 4.15.